The molecule has 0 unspecified atom stereocenters. The van der Waals surface area contributed by atoms with Crippen molar-refractivity contribution in [2.75, 3.05) is 14.2 Å². The predicted octanol–water partition coefficient (Wildman–Crippen LogP) is 5.58. The van der Waals surface area contributed by atoms with Crippen LogP contribution in [-0.2, 0) is 0 Å². The molecule has 0 bridgehead atoms. The average Bonchev–Trinajstić information content (AvgIpc) is 2.77. The number of halogens is 1. The Hall–Kier alpha value is -3.38. The van der Waals surface area contributed by atoms with Crippen molar-refractivity contribution in [1.29, 1.82) is 0 Å². The van der Waals surface area contributed by atoms with Gasteiger partial charge in [0.15, 0.2) is 5.78 Å². The molecular formula is C24H19BrO5. The largest absolute Gasteiger partial charge is 0.497 e. The fourth-order valence-electron chi connectivity index (χ4n) is 2.70. The van der Waals surface area contributed by atoms with Crippen LogP contribution in [0.3, 0.4) is 0 Å². The number of esters is 1. The van der Waals surface area contributed by atoms with Crippen LogP contribution < -0.4 is 14.2 Å². The van der Waals surface area contributed by atoms with Gasteiger partial charge in [0.1, 0.15) is 17.2 Å². The molecule has 0 aliphatic carbocycles. The topological polar surface area (TPSA) is 61.8 Å². The van der Waals surface area contributed by atoms with E-state index in [9.17, 15) is 9.59 Å². The summed E-state index contributed by atoms with van der Waals surface area (Å²) in [5.41, 5.74) is 1.59. The van der Waals surface area contributed by atoms with Crippen molar-refractivity contribution in [1.82, 2.24) is 0 Å². The van der Waals surface area contributed by atoms with Crippen molar-refractivity contribution in [2.24, 2.45) is 0 Å². The second-order valence-electron chi connectivity index (χ2n) is 6.23. The van der Waals surface area contributed by atoms with E-state index in [0.717, 1.165) is 10.0 Å². The van der Waals surface area contributed by atoms with Gasteiger partial charge in [0.25, 0.3) is 0 Å². The third kappa shape index (κ3) is 5.36. The zero-order valence-electron chi connectivity index (χ0n) is 16.4. The summed E-state index contributed by atoms with van der Waals surface area (Å²) in [4.78, 5) is 24.9. The van der Waals surface area contributed by atoms with Crippen molar-refractivity contribution in [2.45, 2.75) is 0 Å². The lowest BCUT2D eigenvalue weighted by Gasteiger charge is -2.08. The summed E-state index contributed by atoms with van der Waals surface area (Å²) in [6, 6.07) is 18.8. The number of ether oxygens (including phenoxy) is 3. The van der Waals surface area contributed by atoms with Crippen molar-refractivity contribution in [3.63, 3.8) is 0 Å². The number of rotatable bonds is 7. The SMILES string of the molecule is COc1ccc(C(=O)/C=C/c2cccc(OC(=O)c3ccc(Br)cc3)c2)c(OC)c1. The van der Waals surface area contributed by atoms with Crippen molar-refractivity contribution in [3.05, 3.63) is 94.0 Å². The van der Waals surface area contributed by atoms with Gasteiger partial charge in [-0.1, -0.05) is 34.1 Å². The lowest BCUT2D eigenvalue weighted by atomic mass is 10.1. The fraction of sp³-hybridized carbons (Fsp3) is 0.0833. The molecule has 0 fully saturated rings. The normalized spacial score (nSPS) is 10.6. The minimum absolute atomic E-state index is 0.216. The molecule has 0 radical (unpaired) electrons. The van der Waals surface area contributed by atoms with Crippen molar-refractivity contribution >= 4 is 33.8 Å². The standard InChI is InChI=1S/C24H19BrO5/c1-28-19-11-12-21(23(15-19)29-2)22(26)13-6-16-4-3-5-20(14-16)30-24(27)17-7-9-18(25)10-8-17/h3-15H,1-2H3/b13-6+. The quantitative estimate of drug-likeness (QED) is 0.197. The zero-order valence-corrected chi connectivity index (χ0v) is 18.0. The van der Waals surface area contributed by atoms with E-state index in [2.05, 4.69) is 15.9 Å². The Morgan fingerprint density at radius 1 is 0.867 bits per heavy atom. The molecule has 0 saturated carbocycles. The molecule has 3 aromatic carbocycles. The maximum atomic E-state index is 12.6. The molecule has 0 saturated heterocycles. The Labute approximate surface area is 183 Å². The molecule has 6 heteroatoms. The summed E-state index contributed by atoms with van der Waals surface area (Å²) in [5, 5.41) is 0. The second kappa shape index (κ2) is 9.89. The Morgan fingerprint density at radius 3 is 2.33 bits per heavy atom. The zero-order chi connectivity index (χ0) is 21.5. The van der Waals surface area contributed by atoms with E-state index in [0.29, 0.717) is 28.4 Å². The number of carbonyl (C=O) groups is 2. The van der Waals surface area contributed by atoms with Crippen LogP contribution >= 0.6 is 15.9 Å². The minimum Gasteiger partial charge on any atom is -0.497 e. The van der Waals surface area contributed by atoms with Crippen LogP contribution in [0.15, 0.2) is 77.3 Å². The number of hydrogen-bond acceptors (Lipinski definition) is 5. The Balaban J connectivity index is 1.73. The molecule has 152 valence electrons. The van der Waals surface area contributed by atoms with Gasteiger partial charge >= 0.3 is 5.97 Å². The molecule has 0 spiro atoms. The summed E-state index contributed by atoms with van der Waals surface area (Å²) in [5.74, 6) is 0.753. The number of hydrogen-bond donors (Lipinski definition) is 0. The Kier molecular flexibility index (Phi) is 7.03. The van der Waals surface area contributed by atoms with Gasteiger partial charge in [0.2, 0.25) is 0 Å². The Morgan fingerprint density at radius 2 is 1.63 bits per heavy atom. The number of ketones is 1. The van der Waals surface area contributed by atoms with Gasteiger partial charge in [0, 0.05) is 10.5 Å². The van der Waals surface area contributed by atoms with Gasteiger partial charge in [0.05, 0.1) is 25.3 Å². The molecule has 0 atom stereocenters. The van der Waals surface area contributed by atoms with Crippen LogP contribution in [0.2, 0.25) is 0 Å². The van der Waals surface area contributed by atoms with E-state index >= 15 is 0 Å². The van der Waals surface area contributed by atoms with Crippen LogP contribution in [-0.4, -0.2) is 26.0 Å². The van der Waals surface area contributed by atoms with Crippen LogP contribution in [0, 0.1) is 0 Å². The number of carbonyl (C=O) groups excluding carboxylic acids is 2. The van der Waals surface area contributed by atoms with Crippen LogP contribution in [0.5, 0.6) is 17.2 Å². The molecule has 0 aromatic heterocycles. The highest BCUT2D eigenvalue weighted by atomic mass is 79.9. The molecular weight excluding hydrogens is 448 g/mol. The fourth-order valence-corrected chi connectivity index (χ4v) is 2.96. The molecule has 0 aliphatic rings. The van der Waals surface area contributed by atoms with E-state index < -0.39 is 5.97 Å². The molecule has 3 rings (SSSR count). The van der Waals surface area contributed by atoms with Gasteiger partial charge in [-0.15, -0.1) is 0 Å². The van der Waals surface area contributed by atoms with E-state index in [1.807, 2.05) is 6.07 Å². The molecule has 0 amide bonds. The average molecular weight is 467 g/mol. The number of benzene rings is 3. The van der Waals surface area contributed by atoms with Crippen LogP contribution in [0.25, 0.3) is 6.08 Å². The lowest BCUT2D eigenvalue weighted by Crippen LogP contribution is -2.08. The molecule has 0 N–H and O–H groups in total. The van der Waals surface area contributed by atoms with E-state index in [-0.39, 0.29) is 5.78 Å². The predicted molar refractivity (Wildman–Crippen MR) is 118 cm³/mol. The maximum Gasteiger partial charge on any atom is 0.343 e. The first-order valence-electron chi connectivity index (χ1n) is 9.02. The first kappa shape index (κ1) is 21.3. The van der Waals surface area contributed by atoms with E-state index in [1.54, 1.807) is 73.8 Å². The Bertz CT molecular complexity index is 1090. The van der Waals surface area contributed by atoms with Crippen molar-refractivity contribution in [3.8, 4) is 17.2 Å². The van der Waals surface area contributed by atoms with Crippen molar-refractivity contribution < 1.29 is 23.8 Å². The monoisotopic (exact) mass is 466 g/mol. The molecule has 5 nitrogen and oxygen atoms in total. The highest BCUT2D eigenvalue weighted by molar-refractivity contribution is 9.10. The van der Waals surface area contributed by atoms with Gasteiger partial charge < -0.3 is 14.2 Å². The summed E-state index contributed by atoms with van der Waals surface area (Å²) < 4.78 is 16.7. The van der Waals surface area contributed by atoms with Gasteiger partial charge in [-0.25, -0.2) is 4.79 Å². The lowest BCUT2D eigenvalue weighted by molar-refractivity contribution is 0.0734. The maximum absolute atomic E-state index is 12.6. The van der Waals surface area contributed by atoms with E-state index in [1.165, 1.54) is 13.2 Å². The molecule has 0 aliphatic heterocycles. The van der Waals surface area contributed by atoms with Crippen LogP contribution in [0.1, 0.15) is 26.3 Å². The van der Waals surface area contributed by atoms with Gasteiger partial charge in [-0.2, -0.15) is 0 Å². The van der Waals surface area contributed by atoms with Gasteiger partial charge in [-0.3, -0.25) is 4.79 Å². The van der Waals surface area contributed by atoms with Gasteiger partial charge in [-0.05, 0) is 60.2 Å². The molecule has 3 aromatic rings. The molecule has 30 heavy (non-hydrogen) atoms. The summed E-state index contributed by atoms with van der Waals surface area (Å²) in [7, 11) is 3.05. The third-order valence-electron chi connectivity index (χ3n) is 4.25. The highest BCUT2D eigenvalue weighted by Crippen LogP contribution is 2.25. The summed E-state index contributed by atoms with van der Waals surface area (Å²) in [6.45, 7) is 0. The summed E-state index contributed by atoms with van der Waals surface area (Å²) >= 11 is 3.33. The van der Waals surface area contributed by atoms with Crippen LogP contribution in [0.4, 0.5) is 0 Å². The highest BCUT2D eigenvalue weighted by Gasteiger charge is 2.11. The molecule has 0 heterocycles. The smallest absolute Gasteiger partial charge is 0.343 e. The second-order valence-corrected chi connectivity index (χ2v) is 7.15. The third-order valence-corrected chi connectivity index (χ3v) is 4.78. The summed E-state index contributed by atoms with van der Waals surface area (Å²) in [6.07, 6.45) is 3.10. The first-order valence-corrected chi connectivity index (χ1v) is 9.81. The minimum atomic E-state index is -0.456. The van der Waals surface area contributed by atoms with E-state index in [4.69, 9.17) is 14.2 Å². The number of methoxy groups -OCH3 is 2. The first-order chi connectivity index (χ1) is 14.5. The number of allylic oxidation sites excluding steroid dienone is 1.